The molecule has 29 heavy (non-hydrogen) atoms. The first-order valence-corrected chi connectivity index (χ1v) is 9.16. The summed E-state index contributed by atoms with van der Waals surface area (Å²) in [5.74, 6) is 0.929. The maximum atomic E-state index is 12.4. The molecule has 1 N–H and O–H groups in total. The smallest absolute Gasteiger partial charge is 0.338 e. The van der Waals surface area contributed by atoms with Crippen LogP contribution < -0.4 is 5.32 Å². The Bertz CT molecular complexity index is 1290. The van der Waals surface area contributed by atoms with Crippen LogP contribution >= 0.6 is 0 Å². The van der Waals surface area contributed by atoms with E-state index in [1.54, 1.807) is 43.6 Å². The summed E-state index contributed by atoms with van der Waals surface area (Å²) in [5.41, 5.74) is 2.33. The Balaban J connectivity index is 1.79. The van der Waals surface area contributed by atoms with E-state index in [-0.39, 0.29) is 5.97 Å². The normalized spacial score (nSPS) is 11.6. The van der Waals surface area contributed by atoms with Gasteiger partial charge in [-0.25, -0.2) is 9.78 Å². The molecule has 7 nitrogen and oxygen atoms in total. The van der Waals surface area contributed by atoms with Gasteiger partial charge in [-0.15, -0.1) is 0 Å². The molecule has 3 aromatic heterocycles. The first-order chi connectivity index (χ1) is 13.8. The van der Waals surface area contributed by atoms with Crippen molar-refractivity contribution >= 4 is 28.4 Å². The molecular weight excluding hydrogens is 368 g/mol. The number of nitriles is 1. The third-order valence-electron chi connectivity index (χ3n) is 4.38. The molecule has 0 aliphatic heterocycles. The summed E-state index contributed by atoms with van der Waals surface area (Å²) in [4.78, 5) is 17.0. The quantitative estimate of drug-likeness (QED) is 0.515. The SMILES string of the molecule is CNc1c(-c2cc3cc(C(=O)OC(C)(C)C)ccc3o2)nc2cc(C#N)ccn12. The standard InChI is InChI=1S/C22H20N4O3/c1-22(2,3)29-21(27)14-5-6-16-15(10-14)11-17(28-16)19-20(24-4)26-8-7-13(12-23)9-18(26)25-19/h5-11,24H,1-4H3. The summed E-state index contributed by atoms with van der Waals surface area (Å²) in [5, 5.41) is 13.0. The number of esters is 1. The van der Waals surface area contributed by atoms with Crippen molar-refractivity contribution in [3.8, 4) is 17.5 Å². The van der Waals surface area contributed by atoms with E-state index in [0.717, 1.165) is 11.2 Å². The fourth-order valence-electron chi connectivity index (χ4n) is 3.15. The highest BCUT2D eigenvalue weighted by atomic mass is 16.6. The monoisotopic (exact) mass is 388 g/mol. The topological polar surface area (TPSA) is 92.6 Å². The van der Waals surface area contributed by atoms with Crippen LogP contribution in [0.5, 0.6) is 0 Å². The molecule has 0 aliphatic carbocycles. The Labute approximate surface area is 167 Å². The molecule has 0 aliphatic rings. The molecule has 4 aromatic rings. The summed E-state index contributed by atoms with van der Waals surface area (Å²) in [6, 6.07) is 12.6. The number of hydrogen-bond donors (Lipinski definition) is 1. The average Bonchev–Trinajstić information content (AvgIpc) is 3.25. The van der Waals surface area contributed by atoms with Gasteiger partial charge in [0.1, 0.15) is 28.3 Å². The molecule has 4 rings (SSSR count). The van der Waals surface area contributed by atoms with Gasteiger partial charge in [-0.1, -0.05) is 0 Å². The lowest BCUT2D eigenvalue weighted by Gasteiger charge is -2.19. The zero-order valence-electron chi connectivity index (χ0n) is 16.6. The van der Waals surface area contributed by atoms with Crippen molar-refractivity contribution in [2.75, 3.05) is 12.4 Å². The first kappa shape index (κ1) is 18.6. The number of fused-ring (bicyclic) bond motifs is 2. The Morgan fingerprint density at radius 3 is 2.72 bits per heavy atom. The predicted molar refractivity (Wildman–Crippen MR) is 110 cm³/mol. The van der Waals surface area contributed by atoms with Gasteiger partial charge in [0, 0.05) is 18.6 Å². The number of ether oxygens (including phenoxy) is 1. The Hall–Kier alpha value is -3.79. The molecule has 0 saturated carbocycles. The molecule has 0 saturated heterocycles. The van der Waals surface area contributed by atoms with Crippen molar-refractivity contribution in [3.63, 3.8) is 0 Å². The average molecular weight is 388 g/mol. The second-order valence-corrected chi connectivity index (χ2v) is 7.68. The van der Waals surface area contributed by atoms with Crippen LogP contribution in [0, 0.1) is 11.3 Å². The maximum Gasteiger partial charge on any atom is 0.338 e. The summed E-state index contributed by atoms with van der Waals surface area (Å²) >= 11 is 0. The minimum absolute atomic E-state index is 0.380. The minimum atomic E-state index is -0.561. The highest BCUT2D eigenvalue weighted by Crippen LogP contribution is 2.33. The van der Waals surface area contributed by atoms with Gasteiger partial charge in [0.25, 0.3) is 0 Å². The van der Waals surface area contributed by atoms with Crippen LogP contribution in [-0.2, 0) is 4.74 Å². The van der Waals surface area contributed by atoms with Crippen LogP contribution in [0.25, 0.3) is 28.1 Å². The van der Waals surface area contributed by atoms with E-state index in [1.165, 1.54) is 0 Å². The lowest BCUT2D eigenvalue weighted by atomic mass is 10.1. The molecule has 0 amide bonds. The van der Waals surface area contributed by atoms with Crippen molar-refractivity contribution in [1.29, 1.82) is 5.26 Å². The summed E-state index contributed by atoms with van der Waals surface area (Å²) in [7, 11) is 1.80. The van der Waals surface area contributed by atoms with E-state index in [1.807, 2.05) is 31.2 Å². The number of carbonyl (C=O) groups excluding carboxylic acids is 1. The number of pyridine rings is 1. The van der Waals surface area contributed by atoms with E-state index >= 15 is 0 Å². The molecule has 0 bridgehead atoms. The van der Waals surface area contributed by atoms with Gasteiger partial charge in [0.05, 0.1) is 17.2 Å². The van der Waals surface area contributed by atoms with Crippen molar-refractivity contribution in [2.24, 2.45) is 0 Å². The van der Waals surface area contributed by atoms with Crippen molar-refractivity contribution in [1.82, 2.24) is 9.38 Å². The zero-order valence-corrected chi connectivity index (χ0v) is 16.6. The maximum absolute atomic E-state index is 12.4. The molecule has 0 spiro atoms. The van der Waals surface area contributed by atoms with E-state index in [9.17, 15) is 4.79 Å². The fourth-order valence-corrected chi connectivity index (χ4v) is 3.15. The van der Waals surface area contributed by atoms with E-state index < -0.39 is 5.60 Å². The number of nitrogens with one attached hydrogen (secondary N) is 1. The van der Waals surface area contributed by atoms with Crippen LogP contribution in [0.1, 0.15) is 36.7 Å². The van der Waals surface area contributed by atoms with Gasteiger partial charge < -0.3 is 14.5 Å². The lowest BCUT2D eigenvalue weighted by molar-refractivity contribution is 0.00697. The molecule has 146 valence electrons. The van der Waals surface area contributed by atoms with Crippen molar-refractivity contribution < 1.29 is 13.9 Å². The number of rotatable bonds is 3. The Morgan fingerprint density at radius 1 is 1.24 bits per heavy atom. The van der Waals surface area contributed by atoms with E-state index in [2.05, 4.69) is 16.4 Å². The number of benzene rings is 1. The van der Waals surface area contributed by atoms with Gasteiger partial charge in [-0.05, 0) is 57.2 Å². The summed E-state index contributed by atoms with van der Waals surface area (Å²) < 4.78 is 13.3. The molecule has 0 unspecified atom stereocenters. The second kappa shape index (κ2) is 6.67. The minimum Gasteiger partial charge on any atom is -0.456 e. The third kappa shape index (κ3) is 3.41. The molecule has 7 heteroatoms. The molecule has 3 heterocycles. The van der Waals surface area contributed by atoms with Crippen LogP contribution in [0.15, 0.2) is 47.0 Å². The van der Waals surface area contributed by atoms with Crippen LogP contribution in [-0.4, -0.2) is 28.0 Å². The first-order valence-electron chi connectivity index (χ1n) is 9.16. The lowest BCUT2D eigenvalue weighted by Crippen LogP contribution is -2.23. The molecule has 0 atom stereocenters. The van der Waals surface area contributed by atoms with Gasteiger partial charge >= 0.3 is 5.97 Å². The van der Waals surface area contributed by atoms with E-state index in [4.69, 9.17) is 14.4 Å². The number of aromatic nitrogens is 2. The predicted octanol–water partition coefficient (Wildman–Crippen LogP) is 4.62. The Morgan fingerprint density at radius 2 is 2.03 bits per heavy atom. The van der Waals surface area contributed by atoms with E-state index in [0.29, 0.717) is 33.8 Å². The van der Waals surface area contributed by atoms with Crippen molar-refractivity contribution in [2.45, 2.75) is 26.4 Å². The number of imidazole rings is 1. The number of anilines is 1. The molecule has 0 fully saturated rings. The highest BCUT2D eigenvalue weighted by Gasteiger charge is 2.20. The number of furan rings is 1. The summed E-state index contributed by atoms with van der Waals surface area (Å²) in [6.07, 6.45) is 1.79. The number of hydrogen-bond acceptors (Lipinski definition) is 6. The number of nitrogens with zero attached hydrogens (tertiary/aromatic N) is 3. The zero-order chi connectivity index (χ0) is 20.8. The third-order valence-corrected chi connectivity index (χ3v) is 4.38. The largest absolute Gasteiger partial charge is 0.456 e. The molecule has 1 aromatic carbocycles. The van der Waals surface area contributed by atoms with Gasteiger partial charge in [-0.2, -0.15) is 5.26 Å². The van der Waals surface area contributed by atoms with Gasteiger partial charge in [-0.3, -0.25) is 4.40 Å². The van der Waals surface area contributed by atoms with Gasteiger partial charge in [0.15, 0.2) is 5.76 Å². The van der Waals surface area contributed by atoms with Crippen LogP contribution in [0.4, 0.5) is 5.82 Å². The summed E-state index contributed by atoms with van der Waals surface area (Å²) in [6.45, 7) is 5.50. The fraction of sp³-hybridized carbons (Fsp3) is 0.227. The van der Waals surface area contributed by atoms with Crippen LogP contribution in [0.3, 0.4) is 0 Å². The van der Waals surface area contributed by atoms with Gasteiger partial charge in [0.2, 0.25) is 0 Å². The Kier molecular flexibility index (Phi) is 4.27. The number of carbonyl (C=O) groups is 1. The van der Waals surface area contributed by atoms with Crippen molar-refractivity contribution in [3.05, 3.63) is 53.7 Å². The van der Waals surface area contributed by atoms with Crippen LogP contribution in [0.2, 0.25) is 0 Å². The molecule has 0 radical (unpaired) electrons. The highest BCUT2D eigenvalue weighted by molar-refractivity contribution is 5.95. The molecular formula is C22H20N4O3. The second-order valence-electron chi connectivity index (χ2n) is 7.68.